The third kappa shape index (κ3) is 9.93. The smallest absolute Gasteiger partial charge is 0.269 e. The fourth-order valence-corrected chi connectivity index (χ4v) is 9.44. The van der Waals surface area contributed by atoms with Gasteiger partial charge in [0.2, 0.25) is 0 Å². The Balaban J connectivity index is 1.05. The Morgan fingerprint density at radius 3 is 0.938 bits per heavy atom. The summed E-state index contributed by atoms with van der Waals surface area (Å²) in [5.41, 5.74) is 9.72. The molecule has 6 heteroatoms. The number of nitrogens with zero attached hydrogens (tertiary/aromatic N) is 4. The van der Waals surface area contributed by atoms with Crippen molar-refractivity contribution in [3.63, 3.8) is 0 Å². The molecule has 318 valence electrons. The van der Waals surface area contributed by atoms with Gasteiger partial charge in [0.15, 0.2) is 0 Å². The quantitative estimate of drug-likeness (QED) is 0.0252. The van der Waals surface area contributed by atoms with Crippen LogP contribution in [0.15, 0.2) is 241 Å². The molecule has 6 nitrogen and oxygen atoms in total. The van der Waals surface area contributed by atoms with Crippen molar-refractivity contribution in [2.24, 2.45) is 10.2 Å². The van der Waals surface area contributed by atoms with E-state index in [0.717, 1.165) is 63.0 Å². The Morgan fingerprint density at radius 2 is 0.656 bits per heavy atom. The number of benzene rings is 8. The Labute approximate surface area is 377 Å². The number of azo groups is 1. The summed E-state index contributed by atoms with van der Waals surface area (Å²) in [4.78, 5) is 13.3. The summed E-state index contributed by atoms with van der Waals surface area (Å²) in [6.07, 6.45) is 6.00. The second-order valence-electron chi connectivity index (χ2n) is 16.4. The van der Waals surface area contributed by atoms with Crippen molar-refractivity contribution >= 4 is 22.7 Å². The van der Waals surface area contributed by atoms with Crippen LogP contribution in [0.25, 0.3) is 0 Å². The zero-order valence-electron chi connectivity index (χ0n) is 36.2. The molecule has 0 atom stereocenters. The lowest BCUT2D eigenvalue weighted by Gasteiger charge is -2.37. The van der Waals surface area contributed by atoms with Crippen LogP contribution in [0.4, 0.5) is 22.7 Å². The second-order valence-corrected chi connectivity index (χ2v) is 16.4. The Bertz CT molecular complexity index is 2330. The third-order valence-corrected chi connectivity index (χ3v) is 12.6. The average molecular weight is 839 g/mol. The number of non-ortho nitro benzene ring substituents is 1. The summed E-state index contributed by atoms with van der Waals surface area (Å²) >= 11 is 0. The van der Waals surface area contributed by atoms with Crippen LogP contribution in [-0.2, 0) is 10.8 Å². The van der Waals surface area contributed by atoms with Crippen LogP contribution in [0, 0.1) is 10.1 Å². The molecule has 0 aliphatic carbocycles. The van der Waals surface area contributed by atoms with E-state index in [9.17, 15) is 10.1 Å². The molecular weight excluding hydrogens is 785 g/mol. The minimum Gasteiger partial charge on any atom is -0.372 e. The maximum atomic E-state index is 11.1. The SMILES string of the molecule is O=[N+]([O-])c1ccc(N=Nc2ccc(N(CCCCC(c3ccccc3)(c3ccccc3)c3ccccc3)CCCCC(c3ccccc3)(c3ccccc3)c3ccccc3)cc2)cc1. The molecule has 0 aliphatic rings. The lowest BCUT2D eigenvalue weighted by molar-refractivity contribution is -0.384. The highest BCUT2D eigenvalue weighted by Crippen LogP contribution is 2.45. The van der Waals surface area contributed by atoms with Gasteiger partial charge >= 0.3 is 0 Å². The molecule has 0 amide bonds. The van der Waals surface area contributed by atoms with E-state index in [1.54, 1.807) is 12.1 Å². The van der Waals surface area contributed by atoms with Gasteiger partial charge in [-0.1, -0.05) is 195 Å². The summed E-state index contributed by atoms with van der Waals surface area (Å²) in [6, 6.07) is 80.4. The van der Waals surface area contributed by atoms with Crippen molar-refractivity contribution in [1.29, 1.82) is 0 Å². The first-order valence-electron chi connectivity index (χ1n) is 22.4. The van der Waals surface area contributed by atoms with Crippen molar-refractivity contribution in [3.8, 4) is 0 Å². The van der Waals surface area contributed by atoms with E-state index in [0.29, 0.717) is 5.69 Å². The summed E-state index contributed by atoms with van der Waals surface area (Å²) in [6.45, 7) is 1.80. The van der Waals surface area contributed by atoms with Gasteiger partial charge in [-0.3, -0.25) is 10.1 Å². The number of rotatable bonds is 20. The van der Waals surface area contributed by atoms with E-state index < -0.39 is 4.92 Å². The predicted octanol–water partition coefficient (Wildman–Crippen LogP) is 15.2. The van der Waals surface area contributed by atoms with Gasteiger partial charge in [0, 0.05) is 41.7 Å². The Morgan fingerprint density at radius 1 is 0.375 bits per heavy atom. The molecule has 0 heterocycles. The van der Waals surface area contributed by atoms with Crippen LogP contribution in [0.1, 0.15) is 71.9 Å². The summed E-state index contributed by atoms with van der Waals surface area (Å²) in [5, 5.41) is 20.0. The molecule has 0 saturated heterocycles. The molecule has 8 aromatic rings. The van der Waals surface area contributed by atoms with Crippen molar-refractivity contribution in [1.82, 2.24) is 0 Å². The molecule has 0 unspecified atom stereocenters. The molecule has 0 saturated carbocycles. The summed E-state index contributed by atoms with van der Waals surface area (Å²) in [7, 11) is 0. The van der Waals surface area contributed by atoms with Gasteiger partial charge in [-0.05, 0) is 95.5 Å². The van der Waals surface area contributed by atoms with Gasteiger partial charge in [0.25, 0.3) is 5.69 Å². The van der Waals surface area contributed by atoms with Gasteiger partial charge in [0.1, 0.15) is 0 Å². The molecule has 0 bridgehead atoms. The van der Waals surface area contributed by atoms with Gasteiger partial charge in [-0.25, -0.2) is 0 Å². The zero-order valence-corrected chi connectivity index (χ0v) is 36.2. The normalized spacial score (nSPS) is 11.7. The van der Waals surface area contributed by atoms with E-state index in [-0.39, 0.29) is 16.5 Å². The number of hydrogen-bond donors (Lipinski definition) is 0. The van der Waals surface area contributed by atoms with Crippen molar-refractivity contribution in [3.05, 3.63) is 274 Å². The standard InChI is InChI=1S/C58H54N4O2/c63-62(64)56-41-37-54(38-42-56)60-59-53-35-39-55(40-36-53)61(45-21-19-43-57(47-23-7-1-8-24-47,48-25-9-2-10-26-48)49-27-11-3-12-28-49)46-22-20-44-58(50-29-13-4-14-30-50,51-31-15-5-16-32-51)52-33-17-6-18-34-52/h1-18,23-42H,19-22,43-46H2. The van der Waals surface area contributed by atoms with Crippen LogP contribution < -0.4 is 4.90 Å². The van der Waals surface area contributed by atoms with Crippen LogP contribution in [0.5, 0.6) is 0 Å². The highest BCUT2D eigenvalue weighted by atomic mass is 16.6. The lowest BCUT2D eigenvalue weighted by atomic mass is 9.66. The highest BCUT2D eigenvalue weighted by Gasteiger charge is 2.37. The van der Waals surface area contributed by atoms with Gasteiger partial charge in [-0.15, -0.1) is 0 Å². The molecule has 8 aromatic carbocycles. The first kappa shape index (κ1) is 43.2. The molecule has 0 fully saturated rings. The predicted molar refractivity (Wildman–Crippen MR) is 262 cm³/mol. The fraction of sp³-hybridized carbons (Fsp3) is 0.172. The summed E-state index contributed by atoms with van der Waals surface area (Å²) < 4.78 is 0. The molecule has 0 aliphatic heterocycles. The topological polar surface area (TPSA) is 71.1 Å². The number of hydrogen-bond acceptors (Lipinski definition) is 5. The van der Waals surface area contributed by atoms with Crippen LogP contribution in [0.3, 0.4) is 0 Å². The van der Waals surface area contributed by atoms with E-state index in [1.807, 2.05) is 12.1 Å². The monoisotopic (exact) mass is 838 g/mol. The molecule has 64 heavy (non-hydrogen) atoms. The molecule has 0 radical (unpaired) electrons. The Hall–Kier alpha value is -7.44. The lowest BCUT2D eigenvalue weighted by Crippen LogP contribution is -2.31. The average Bonchev–Trinajstić information content (AvgIpc) is 3.37. The largest absolute Gasteiger partial charge is 0.372 e. The van der Waals surface area contributed by atoms with Gasteiger partial charge in [0.05, 0.1) is 16.3 Å². The Kier molecular flexibility index (Phi) is 14.2. The minimum absolute atomic E-state index is 0.0279. The molecule has 8 rings (SSSR count). The molecule has 0 aromatic heterocycles. The van der Waals surface area contributed by atoms with Crippen molar-refractivity contribution < 1.29 is 4.92 Å². The van der Waals surface area contributed by atoms with E-state index in [2.05, 4.69) is 209 Å². The number of nitro benzene ring substituents is 1. The minimum atomic E-state index is -0.413. The van der Waals surface area contributed by atoms with E-state index >= 15 is 0 Å². The number of unbranched alkanes of at least 4 members (excludes halogenated alkanes) is 2. The maximum Gasteiger partial charge on any atom is 0.269 e. The maximum absolute atomic E-state index is 11.1. The zero-order chi connectivity index (χ0) is 43.9. The molecule has 0 N–H and O–H groups in total. The van der Waals surface area contributed by atoms with Crippen LogP contribution in [0.2, 0.25) is 0 Å². The first-order chi connectivity index (χ1) is 31.6. The summed E-state index contributed by atoms with van der Waals surface area (Å²) in [5.74, 6) is 0. The van der Waals surface area contributed by atoms with E-state index in [4.69, 9.17) is 0 Å². The number of anilines is 1. The van der Waals surface area contributed by atoms with Gasteiger partial charge < -0.3 is 4.90 Å². The van der Waals surface area contributed by atoms with Crippen LogP contribution >= 0.6 is 0 Å². The van der Waals surface area contributed by atoms with Crippen LogP contribution in [-0.4, -0.2) is 18.0 Å². The fourth-order valence-electron chi connectivity index (χ4n) is 9.44. The van der Waals surface area contributed by atoms with Crippen molar-refractivity contribution in [2.75, 3.05) is 18.0 Å². The van der Waals surface area contributed by atoms with E-state index in [1.165, 1.54) is 45.5 Å². The molecular formula is C58H54N4O2. The third-order valence-electron chi connectivity index (χ3n) is 12.6. The first-order valence-corrected chi connectivity index (χ1v) is 22.4. The molecule has 0 spiro atoms. The van der Waals surface area contributed by atoms with Crippen molar-refractivity contribution in [2.45, 2.75) is 49.4 Å². The van der Waals surface area contributed by atoms with Gasteiger partial charge in [-0.2, -0.15) is 10.2 Å². The number of nitro groups is 1. The second kappa shape index (κ2) is 21.1. The highest BCUT2D eigenvalue weighted by molar-refractivity contribution is 5.55.